The fourth-order valence-electron chi connectivity index (χ4n) is 0.914. The SMILES string of the molecule is CC(N)CSCc1cc(C(=O)O)co1. The zero-order valence-corrected chi connectivity index (χ0v) is 8.71. The van der Waals surface area contributed by atoms with Gasteiger partial charge in [0.05, 0.1) is 11.3 Å². The first kappa shape index (κ1) is 11.1. The van der Waals surface area contributed by atoms with E-state index in [1.54, 1.807) is 11.8 Å². The number of hydrogen-bond donors (Lipinski definition) is 2. The second kappa shape index (κ2) is 5.07. The van der Waals surface area contributed by atoms with E-state index in [4.69, 9.17) is 15.3 Å². The lowest BCUT2D eigenvalue weighted by molar-refractivity contribution is 0.0696. The smallest absolute Gasteiger partial charge is 0.338 e. The molecule has 0 aliphatic rings. The predicted octanol–water partition coefficient (Wildman–Crippen LogP) is 1.56. The average Bonchev–Trinajstić information content (AvgIpc) is 2.52. The molecule has 4 nitrogen and oxygen atoms in total. The lowest BCUT2D eigenvalue weighted by atomic mass is 10.3. The van der Waals surface area contributed by atoms with Gasteiger partial charge in [0.2, 0.25) is 0 Å². The van der Waals surface area contributed by atoms with E-state index in [1.807, 2.05) is 6.92 Å². The van der Waals surface area contributed by atoms with Crippen LogP contribution in [0, 0.1) is 0 Å². The normalized spacial score (nSPS) is 12.7. The van der Waals surface area contributed by atoms with Crippen molar-refractivity contribution in [1.82, 2.24) is 0 Å². The van der Waals surface area contributed by atoms with Gasteiger partial charge in [-0.3, -0.25) is 0 Å². The average molecular weight is 215 g/mol. The zero-order valence-electron chi connectivity index (χ0n) is 7.90. The molecule has 0 saturated carbocycles. The molecule has 1 atom stereocenters. The summed E-state index contributed by atoms with van der Waals surface area (Å²) < 4.78 is 5.07. The van der Waals surface area contributed by atoms with Gasteiger partial charge in [0, 0.05) is 11.8 Å². The maximum atomic E-state index is 10.5. The first-order valence-corrected chi connectivity index (χ1v) is 5.39. The quantitative estimate of drug-likeness (QED) is 0.779. The molecule has 0 aliphatic heterocycles. The van der Waals surface area contributed by atoms with Crippen LogP contribution in [0.15, 0.2) is 16.7 Å². The number of aromatic carboxylic acids is 1. The van der Waals surface area contributed by atoms with Gasteiger partial charge < -0.3 is 15.3 Å². The molecule has 0 saturated heterocycles. The third kappa shape index (κ3) is 3.43. The monoisotopic (exact) mass is 215 g/mol. The van der Waals surface area contributed by atoms with Gasteiger partial charge in [-0.2, -0.15) is 11.8 Å². The second-order valence-corrected chi connectivity index (χ2v) is 4.13. The van der Waals surface area contributed by atoms with Gasteiger partial charge in [-0.05, 0) is 13.0 Å². The van der Waals surface area contributed by atoms with Gasteiger partial charge in [-0.15, -0.1) is 0 Å². The molecule has 1 rings (SSSR count). The fourth-order valence-corrected chi connectivity index (χ4v) is 1.76. The van der Waals surface area contributed by atoms with Crippen LogP contribution in [0.2, 0.25) is 0 Å². The van der Waals surface area contributed by atoms with Crippen LogP contribution in [0.4, 0.5) is 0 Å². The van der Waals surface area contributed by atoms with Gasteiger partial charge >= 0.3 is 5.97 Å². The van der Waals surface area contributed by atoms with E-state index in [0.717, 1.165) is 5.75 Å². The van der Waals surface area contributed by atoms with Crippen molar-refractivity contribution in [3.8, 4) is 0 Å². The highest BCUT2D eigenvalue weighted by molar-refractivity contribution is 7.98. The molecule has 78 valence electrons. The predicted molar refractivity (Wildman–Crippen MR) is 55.5 cm³/mol. The Bertz CT molecular complexity index is 309. The molecule has 0 radical (unpaired) electrons. The minimum Gasteiger partial charge on any atom is -0.478 e. The van der Waals surface area contributed by atoms with Crippen LogP contribution in [-0.2, 0) is 5.75 Å². The minimum absolute atomic E-state index is 0.147. The van der Waals surface area contributed by atoms with Crippen LogP contribution in [0.5, 0.6) is 0 Å². The summed E-state index contributed by atoms with van der Waals surface area (Å²) in [6.07, 6.45) is 1.25. The third-order valence-corrected chi connectivity index (χ3v) is 2.78. The molecule has 1 aromatic heterocycles. The van der Waals surface area contributed by atoms with E-state index < -0.39 is 5.97 Å². The summed E-state index contributed by atoms with van der Waals surface area (Å²) in [7, 11) is 0. The van der Waals surface area contributed by atoms with E-state index >= 15 is 0 Å². The van der Waals surface area contributed by atoms with E-state index in [-0.39, 0.29) is 11.6 Å². The third-order valence-electron chi connectivity index (χ3n) is 1.53. The van der Waals surface area contributed by atoms with Crippen molar-refractivity contribution in [2.75, 3.05) is 5.75 Å². The number of hydrogen-bond acceptors (Lipinski definition) is 4. The Morgan fingerprint density at radius 3 is 3.00 bits per heavy atom. The fraction of sp³-hybridized carbons (Fsp3) is 0.444. The number of carboxylic acid groups (broad SMARTS) is 1. The summed E-state index contributed by atoms with van der Waals surface area (Å²) in [5.41, 5.74) is 5.76. The highest BCUT2D eigenvalue weighted by Crippen LogP contribution is 2.15. The molecule has 1 aromatic rings. The standard InChI is InChI=1S/C9H13NO3S/c1-6(10)4-14-5-8-2-7(3-13-8)9(11)12/h2-3,6H,4-5,10H2,1H3,(H,11,12). The van der Waals surface area contributed by atoms with E-state index in [0.29, 0.717) is 11.5 Å². The van der Waals surface area contributed by atoms with E-state index in [9.17, 15) is 4.79 Å². The molecule has 0 spiro atoms. The summed E-state index contributed by atoms with van der Waals surface area (Å²) in [4.78, 5) is 10.5. The van der Waals surface area contributed by atoms with E-state index in [2.05, 4.69) is 0 Å². The van der Waals surface area contributed by atoms with Crippen molar-refractivity contribution in [2.45, 2.75) is 18.7 Å². The zero-order chi connectivity index (χ0) is 10.6. The Balaban J connectivity index is 2.40. The van der Waals surface area contributed by atoms with Gasteiger partial charge in [0.15, 0.2) is 0 Å². The lowest BCUT2D eigenvalue weighted by Crippen LogP contribution is -2.17. The molecular weight excluding hydrogens is 202 g/mol. The van der Waals surface area contributed by atoms with Crippen LogP contribution in [0.1, 0.15) is 23.0 Å². The molecule has 3 N–H and O–H groups in total. The van der Waals surface area contributed by atoms with Crippen molar-refractivity contribution in [1.29, 1.82) is 0 Å². The van der Waals surface area contributed by atoms with Crippen molar-refractivity contribution in [2.24, 2.45) is 5.73 Å². The molecule has 0 aromatic carbocycles. The van der Waals surface area contributed by atoms with Crippen LogP contribution in [0.3, 0.4) is 0 Å². The largest absolute Gasteiger partial charge is 0.478 e. The van der Waals surface area contributed by atoms with Crippen molar-refractivity contribution in [3.05, 3.63) is 23.7 Å². The number of carboxylic acids is 1. The van der Waals surface area contributed by atoms with Crippen LogP contribution < -0.4 is 5.73 Å². The molecular formula is C9H13NO3S. The van der Waals surface area contributed by atoms with Crippen LogP contribution in [-0.4, -0.2) is 22.9 Å². The minimum atomic E-state index is -0.961. The summed E-state index contributed by atoms with van der Waals surface area (Å²) in [5.74, 6) is 1.21. The van der Waals surface area contributed by atoms with Crippen molar-refractivity contribution >= 4 is 17.7 Å². The Morgan fingerprint density at radius 2 is 2.50 bits per heavy atom. The lowest BCUT2D eigenvalue weighted by Gasteiger charge is -2.01. The Hall–Kier alpha value is -0.940. The summed E-state index contributed by atoms with van der Waals surface area (Å²) in [6, 6.07) is 1.69. The molecule has 0 amide bonds. The molecule has 1 heterocycles. The molecule has 0 fully saturated rings. The topological polar surface area (TPSA) is 76.5 Å². The molecule has 0 bridgehead atoms. The highest BCUT2D eigenvalue weighted by Gasteiger charge is 2.08. The number of furan rings is 1. The maximum Gasteiger partial charge on any atom is 0.338 e. The Morgan fingerprint density at radius 1 is 1.79 bits per heavy atom. The number of rotatable bonds is 5. The Labute approximate surface area is 86.5 Å². The molecule has 1 unspecified atom stereocenters. The van der Waals surface area contributed by atoms with Gasteiger partial charge in [0.1, 0.15) is 12.0 Å². The van der Waals surface area contributed by atoms with Crippen LogP contribution >= 0.6 is 11.8 Å². The number of carbonyl (C=O) groups is 1. The van der Waals surface area contributed by atoms with Crippen molar-refractivity contribution < 1.29 is 14.3 Å². The Kier molecular flexibility index (Phi) is 4.03. The summed E-state index contributed by atoms with van der Waals surface area (Å²) >= 11 is 1.63. The molecule has 14 heavy (non-hydrogen) atoms. The molecule has 0 aliphatic carbocycles. The van der Waals surface area contributed by atoms with Gasteiger partial charge in [0.25, 0.3) is 0 Å². The van der Waals surface area contributed by atoms with Crippen LogP contribution in [0.25, 0.3) is 0 Å². The first-order valence-electron chi connectivity index (χ1n) is 4.23. The van der Waals surface area contributed by atoms with E-state index in [1.165, 1.54) is 12.3 Å². The second-order valence-electron chi connectivity index (χ2n) is 3.10. The molecule has 5 heteroatoms. The van der Waals surface area contributed by atoms with Crippen molar-refractivity contribution in [3.63, 3.8) is 0 Å². The number of nitrogens with two attached hydrogens (primary N) is 1. The summed E-state index contributed by atoms with van der Waals surface area (Å²) in [5, 5.41) is 8.62. The first-order chi connectivity index (χ1) is 6.59. The van der Waals surface area contributed by atoms with Gasteiger partial charge in [-0.25, -0.2) is 4.79 Å². The van der Waals surface area contributed by atoms with Gasteiger partial charge in [-0.1, -0.05) is 0 Å². The highest BCUT2D eigenvalue weighted by atomic mass is 32.2. The maximum absolute atomic E-state index is 10.5. The number of thioether (sulfide) groups is 1. The summed E-state index contributed by atoms with van der Waals surface area (Å²) in [6.45, 7) is 1.93.